The van der Waals surface area contributed by atoms with Gasteiger partial charge in [-0.15, -0.1) is 0 Å². The summed E-state index contributed by atoms with van der Waals surface area (Å²) in [4.78, 5) is 25.7. The molecule has 2 aliphatic heterocycles. The second-order valence-corrected chi connectivity index (χ2v) is 9.28. The number of hydrogen-bond acceptors (Lipinski definition) is 6. The maximum atomic E-state index is 14.1. The predicted octanol–water partition coefficient (Wildman–Crippen LogP) is 3.46. The molecule has 1 aromatic carbocycles. The third-order valence-corrected chi connectivity index (χ3v) is 7.03. The van der Waals surface area contributed by atoms with Crippen LogP contribution in [0.1, 0.15) is 49.7 Å². The number of carbonyl (C=O) groups is 1. The fourth-order valence-electron chi connectivity index (χ4n) is 5.12. The molecule has 2 aliphatic rings. The molecule has 2 saturated heterocycles. The van der Waals surface area contributed by atoms with Gasteiger partial charge in [0.15, 0.2) is 0 Å². The van der Waals surface area contributed by atoms with Crippen molar-refractivity contribution in [1.82, 2.24) is 14.9 Å². The van der Waals surface area contributed by atoms with Gasteiger partial charge < -0.3 is 19.7 Å². The molecule has 3 heterocycles. The molecule has 1 amide bonds. The first kappa shape index (κ1) is 22.5. The van der Waals surface area contributed by atoms with Gasteiger partial charge in [0.2, 0.25) is 5.91 Å². The van der Waals surface area contributed by atoms with Gasteiger partial charge in [0, 0.05) is 50.5 Å². The van der Waals surface area contributed by atoms with Crippen LogP contribution >= 0.6 is 0 Å². The Morgan fingerprint density at radius 2 is 1.88 bits per heavy atom. The minimum atomic E-state index is -0.563. The predicted molar refractivity (Wildman–Crippen MR) is 124 cm³/mol. The molecule has 4 rings (SSSR count). The molecule has 2 fully saturated rings. The van der Waals surface area contributed by atoms with Crippen molar-refractivity contribution in [2.45, 2.75) is 50.4 Å². The van der Waals surface area contributed by atoms with Gasteiger partial charge in [0.25, 0.3) is 0 Å². The van der Waals surface area contributed by atoms with Gasteiger partial charge in [-0.1, -0.05) is 19.1 Å². The SMILES string of the molecule is CNc1cc(C)nc([C@]2(C)CCCN(C(=O)C3(c4ccc(OC)cc4)CCOCC3)C2)n1. The van der Waals surface area contributed by atoms with Crippen molar-refractivity contribution < 1.29 is 14.3 Å². The Morgan fingerprint density at radius 1 is 1.16 bits per heavy atom. The fraction of sp³-hybridized carbons (Fsp3) is 0.560. The highest BCUT2D eigenvalue weighted by atomic mass is 16.5. The second-order valence-electron chi connectivity index (χ2n) is 9.28. The van der Waals surface area contributed by atoms with E-state index in [1.165, 1.54) is 0 Å². The van der Waals surface area contributed by atoms with Crippen LogP contribution in [-0.4, -0.2) is 61.2 Å². The summed E-state index contributed by atoms with van der Waals surface area (Å²) in [5.74, 6) is 2.62. The van der Waals surface area contributed by atoms with Crippen molar-refractivity contribution in [2.24, 2.45) is 0 Å². The molecule has 7 heteroatoms. The number of anilines is 1. The summed E-state index contributed by atoms with van der Waals surface area (Å²) in [6.45, 7) is 6.74. The highest BCUT2D eigenvalue weighted by molar-refractivity contribution is 5.88. The smallest absolute Gasteiger partial charge is 0.233 e. The summed E-state index contributed by atoms with van der Waals surface area (Å²) < 4.78 is 11.0. The number of piperidine rings is 1. The first-order valence-electron chi connectivity index (χ1n) is 11.5. The Balaban J connectivity index is 1.65. The Bertz CT molecular complexity index is 956. The number of benzene rings is 1. The first-order valence-corrected chi connectivity index (χ1v) is 11.5. The number of rotatable bonds is 5. The van der Waals surface area contributed by atoms with E-state index in [-0.39, 0.29) is 11.3 Å². The van der Waals surface area contributed by atoms with E-state index in [1.54, 1.807) is 7.11 Å². The molecule has 2 aromatic rings. The summed E-state index contributed by atoms with van der Waals surface area (Å²) in [5, 5.41) is 3.13. The summed E-state index contributed by atoms with van der Waals surface area (Å²) in [6, 6.07) is 9.90. The lowest BCUT2D eigenvalue weighted by atomic mass is 9.71. The third-order valence-electron chi connectivity index (χ3n) is 7.03. The zero-order chi connectivity index (χ0) is 22.8. The molecular formula is C25H34N4O3. The molecule has 0 unspecified atom stereocenters. The Kier molecular flexibility index (Phi) is 6.38. The lowest BCUT2D eigenvalue weighted by Crippen LogP contribution is -2.55. The van der Waals surface area contributed by atoms with Gasteiger partial charge in [-0.05, 0) is 50.3 Å². The molecule has 7 nitrogen and oxygen atoms in total. The van der Waals surface area contributed by atoms with Crippen molar-refractivity contribution in [3.8, 4) is 5.75 Å². The van der Waals surface area contributed by atoms with Crippen LogP contribution in [0.2, 0.25) is 0 Å². The standard InChI is InChI=1S/C25H34N4O3/c1-18-16-21(26-3)28-22(27-18)24(2)10-5-13-29(17-24)23(30)25(11-14-32-15-12-25)19-6-8-20(31-4)9-7-19/h6-9,16H,5,10-15,17H2,1-4H3,(H,26,27,28)/t24-/m1/s1. The van der Waals surface area contributed by atoms with E-state index in [1.807, 2.05) is 49.2 Å². The molecule has 0 spiro atoms. The van der Waals surface area contributed by atoms with Crippen molar-refractivity contribution in [2.75, 3.05) is 45.8 Å². The van der Waals surface area contributed by atoms with Gasteiger partial charge in [-0.2, -0.15) is 0 Å². The summed E-state index contributed by atoms with van der Waals surface area (Å²) in [5.41, 5.74) is 1.13. The first-order chi connectivity index (χ1) is 15.4. The number of aromatic nitrogens is 2. The van der Waals surface area contributed by atoms with Gasteiger partial charge in [0.05, 0.1) is 12.5 Å². The maximum absolute atomic E-state index is 14.1. The van der Waals surface area contributed by atoms with Gasteiger partial charge in [-0.25, -0.2) is 9.97 Å². The van der Waals surface area contributed by atoms with Gasteiger partial charge >= 0.3 is 0 Å². The number of carbonyl (C=O) groups excluding carboxylic acids is 1. The second kappa shape index (κ2) is 9.06. The number of aryl methyl sites for hydroxylation is 1. The quantitative estimate of drug-likeness (QED) is 0.770. The molecule has 0 aliphatic carbocycles. The van der Waals surface area contributed by atoms with E-state index < -0.39 is 5.41 Å². The topological polar surface area (TPSA) is 76.6 Å². The van der Waals surface area contributed by atoms with Crippen LogP contribution in [0.5, 0.6) is 5.75 Å². The zero-order valence-corrected chi connectivity index (χ0v) is 19.6. The van der Waals surface area contributed by atoms with E-state index in [2.05, 4.69) is 12.2 Å². The molecule has 0 radical (unpaired) electrons. The molecule has 1 aromatic heterocycles. The average molecular weight is 439 g/mol. The van der Waals surface area contributed by atoms with Crippen LogP contribution in [0, 0.1) is 6.92 Å². The minimum absolute atomic E-state index is 0.193. The Labute approximate surface area is 190 Å². The number of amides is 1. The normalized spacial score (nSPS) is 22.9. The minimum Gasteiger partial charge on any atom is -0.497 e. The summed E-state index contributed by atoms with van der Waals surface area (Å²) >= 11 is 0. The van der Waals surface area contributed by atoms with Gasteiger partial charge in [-0.3, -0.25) is 4.79 Å². The maximum Gasteiger partial charge on any atom is 0.233 e. The van der Waals surface area contributed by atoms with E-state index in [0.29, 0.717) is 32.6 Å². The molecule has 1 atom stereocenters. The molecular weight excluding hydrogens is 404 g/mol. The Morgan fingerprint density at radius 3 is 2.53 bits per heavy atom. The monoisotopic (exact) mass is 438 g/mol. The lowest BCUT2D eigenvalue weighted by Gasteiger charge is -2.45. The van der Waals surface area contributed by atoms with Crippen molar-refractivity contribution >= 4 is 11.7 Å². The average Bonchev–Trinajstić information content (AvgIpc) is 2.83. The highest BCUT2D eigenvalue weighted by Gasteiger charge is 2.47. The van der Waals surface area contributed by atoms with Crippen molar-refractivity contribution in [1.29, 1.82) is 0 Å². The zero-order valence-electron chi connectivity index (χ0n) is 19.6. The number of ether oxygens (including phenoxy) is 2. The number of hydrogen-bond donors (Lipinski definition) is 1. The van der Waals surface area contributed by atoms with Crippen LogP contribution in [-0.2, 0) is 20.4 Å². The third kappa shape index (κ3) is 4.18. The van der Waals surface area contributed by atoms with E-state index in [4.69, 9.17) is 19.4 Å². The number of nitrogens with zero attached hydrogens (tertiary/aromatic N) is 3. The summed E-state index contributed by atoms with van der Waals surface area (Å²) in [6.07, 6.45) is 3.28. The molecule has 1 N–H and O–H groups in total. The van der Waals surface area contributed by atoms with Crippen molar-refractivity contribution in [3.63, 3.8) is 0 Å². The van der Waals surface area contributed by atoms with Crippen molar-refractivity contribution in [3.05, 3.63) is 47.4 Å². The largest absolute Gasteiger partial charge is 0.497 e. The van der Waals surface area contributed by atoms with Gasteiger partial charge in [0.1, 0.15) is 17.4 Å². The molecule has 172 valence electrons. The van der Waals surface area contributed by atoms with Crippen LogP contribution in [0.15, 0.2) is 30.3 Å². The van der Waals surface area contributed by atoms with Crippen LogP contribution in [0.25, 0.3) is 0 Å². The molecule has 0 saturated carbocycles. The number of likely N-dealkylation sites (tertiary alicyclic amines) is 1. The van der Waals surface area contributed by atoms with E-state index in [0.717, 1.165) is 48.0 Å². The lowest BCUT2D eigenvalue weighted by molar-refractivity contribution is -0.143. The molecule has 32 heavy (non-hydrogen) atoms. The molecule has 0 bridgehead atoms. The summed E-state index contributed by atoms with van der Waals surface area (Å²) in [7, 11) is 3.53. The van der Waals surface area contributed by atoms with Crippen LogP contribution in [0.3, 0.4) is 0 Å². The van der Waals surface area contributed by atoms with Crippen LogP contribution in [0.4, 0.5) is 5.82 Å². The van der Waals surface area contributed by atoms with Crippen LogP contribution < -0.4 is 10.1 Å². The van der Waals surface area contributed by atoms with E-state index >= 15 is 0 Å². The fourth-order valence-corrected chi connectivity index (χ4v) is 5.12. The highest BCUT2D eigenvalue weighted by Crippen LogP contribution is 2.40. The van der Waals surface area contributed by atoms with E-state index in [9.17, 15) is 4.79 Å². The number of nitrogens with one attached hydrogen (secondary N) is 1. The number of methoxy groups -OCH3 is 1. The Hall–Kier alpha value is -2.67.